The molecule has 0 bridgehead atoms. The molecule has 2 heterocycles. The lowest BCUT2D eigenvalue weighted by atomic mass is 9.65. The number of nitrogens with zero attached hydrogens (tertiary/aromatic N) is 2. The van der Waals surface area contributed by atoms with E-state index in [0.717, 1.165) is 56.3 Å². The Bertz CT molecular complexity index is 2510. The maximum Gasteiger partial charge on any atom is 0.160 e. The summed E-state index contributed by atoms with van der Waals surface area (Å²) in [6.07, 6.45) is 0. The Balaban J connectivity index is 1.25. The Kier molecular flexibility index (Phi) is 6.40. The summed E-state index contributed by atoms with van der Waals surface area (Å²) in [5.74, 6) is 2.43. The van der Waals surface area contributed by atoms with E-state index in [1.165, 1.54) is 27.8 Å². The van der Waals surface area contributed by atoms with Gasteiger partial charge in [0.05, 0.1) is 16.8 Å². The van der Waals surface area contributed by atoms with E-state index in [1.807, 2.05) is 12.1 Å². The Morgan fingerprint density at radius 2 is 0.860 bits per heavy atom. The SMILES string of the molecule is c1ccc(-c2ccc(-c3nc(-c4ccccc4)cc(-c4cccc5c4C4(c6ccccc6Oc6ccccc64)c4ccccc4-5)n3)cc2)cc1. The molecular formula is C47H30N2O. The van der Waals surface area contributed by atoms with Crippen molar-refractivity contribution in [3.63, 3.8) is 0 Å². The Morgan fingerprint density at radius 1 is 0.360 bits per heavy atom. The van der Waals surface area contributed by atoms with Crippen LogP contribution in [0.1, 0.15) is 22.3 Å². The van der Waals surface area contributed by atoms with Crippen molar-refractivity contribution >= 4 is 0 Å². The summed E-state index contributed by atoms with van der Waals surface area (Å²) in [5.41, 5.74) is 13.7. The van der Waals surface area contributed by atoms with Crippen LogP contribution >= 0.6 is 0 Å². The molecule has 1 spiro atoms. The van der Waals surface area contributed by atoms with Gasteiger partial charge in [-0.1, -0.05) is 164 Å². The first kappa shape index (κ1) is 28.4. The number of aromatic nitrogens is 2. The fraction of sp³-hybridized carbons (Fsp3) is 0.0213. The minimum absolute atomic E-state index is 0.608. The zero-order chi connectivity index (χ0) is 33.1. The van der Waals surface area contributed by atoms with E-state index in [1.54, 1.807) is 0 Å². The van der Waals surface area contributed by atoms with Crippen molar-refractivity contribution < 1.29 is 4.74 Å². The van der Waals surface area contributed by atoms with Crippen LogP contribution in [0.2, 0.25) is 0 Å². The fourth-order valence-electron chi connectivity index (χ4n) is 8.04. The van der Waals surface area contributed by atoms with E-state index < -0.39 is 5.41 Å². The second kappa shape index (κ2) is 11.3. The zero-order valence-corrected chi connectivity index (χ0v) is 27.1. The Hall–Kier alpha value is -6.58. The van der Waals surface area contributed by atoms with Crippen LogP contribution in [0.3, 0.4) is 0 Å². The molecule has 2 aliphatic rings. The lowest BCUT2D eigenvalue weighted by molar-refractivity contribution is 0.436. The fourth-order valence-corrected chi connectivity index (χ4v) is 8.04. The summed E-state index contributed by atoms with van der Waals surface area (Å²) in [4.78, 5) is 10.6. The third-order valence-corrected chi connectivity index (χ3v) is 10.2. The summed E-state index contributed by atoms with van der Waals surface area (Å²) in [5, 5.41) is 0. The van der Waals surface area contributed by atoms with Crippen LogP contribution in [-0.4, -0.2) is 9.97 Å². The molecule has 3 nitrogen and oxygen atoms in total. The van der Waals surface area contributed by atoms with Gasteiger partial charge in [0.1, 0.15) is 11.5 Å². The highest BCUT2D eigenvalue weighted by molar-refractivity contribution is 5.94. The van der Waals surface area contributed by atoms with E-state index in [-0.39, 0.29) is 0 Å². The minimum Gasteiger partial charge on any atom is -0.457 e. The summed E-state index contributed by atoms with van der Waals surface area (Å²) in [6, 6.07) is 64.1. The van der Waals surface area contributed by atoms with Gasteiger partial charge in [-0.2, -0.15) is 0 Å². The highest BCUT2D eigenvalue weighted by atomic mass is 16.5. The summed E-state index contributed by atoms with van der Waals surface area (Å²) >= 11 is 0. The van der Waals surface area contributed by atoms with Crippen molar-refractivity contribution in [3.05, 3.63) is 204 Å². The first-order valence-corrected chi connectivity index (χ1v) is 17.0. The third kappa shape index (κ3) is 4.23. The predicted octanol–water partition coefficient (Wildman–Crippen LogP) is 11.6. The molecule has 10 rings (SSSR count). The second-order valence-electron chi connectivity index (χ2n) is 12.9. The molecule has 1 aliphatic carbocycles. The van der Waals surface area contributed by atoms with Crippen molar-refractivity contribution in [1.29, 1.82) is 0 Å². The van der Waals surface area contributed by atoms with Gasteiger partial charge in [0.15, 0.2) is 5.82 Å². The summed E-state index contributed by atoms with van der Waals surface area (Å²) in [6.45, 7) is 0. The van der Waals surface area contributed by atoms with E-state index in [9.17, 15) is 0 Å². The molecule has 0 fully saturated rings. The maximum atomic E-state index is 6.61. The van der Waals surface area contributed by atoms with Crippen LogP contribution in [-0.2, 0) is 5.41 Å². The van der Waals surface area contributed by atoms with Gasteiger partial charge in [-0.15, -0.1) is 0 Å². The molecule has 50 heavy (non-hydrogen) atoms. The number of para-hydroxylation sites is 2. The van der Waals surface area contributed by atoms with E-state index in [0.29, 0.717) is 5.82 Å². The molecule has 1 aliphatic heterocycles. The third-order valence-electron chi connectivity index (χ3n) is 10.2. The largest absolute Gasteiger partial charge is 0.457 e. The molecule has 0 N–H and O–H groups in total. The highest BCUT2D eigenvalue weighted by Crippen LogP contribution is 2.63. The monoisotopic (exact) mass is 638 g/mol. The molecule has 0 atom stereocenters. The van der Waals surface area contributed by atoms with E-state index in [2.05, 4.69) is 170 Å². The number of ether oxygens (including phenoxy) is 1. The molecule has 0 radical (unpaired) electrons. The molecule has 0 amide bonds. The first-order chi connectivity index (χ1) is 24.8. The van der Waals surface area contributed by atoms with Crippen molar-refractivity contribution in [2.45, 2.75) is 5.41 Å². The maximum absolute atomic E-state index is 6.61. The molecule has 7 aromatic carbocycles. The van der Waals surface area contributed by atoms with Crippen LogP contribution < -0.4 is 4.74 Å². The van der Waals surface area contributed by atoms with Crippen molar-refractivity contribution in [2.75, 3.05) is 0 Å². The quantitative estimate of drug-likeness (QED) is 0.192. The molecule has 0 unspecified atom stereocenters. The average molecular weight is 639 g/mol. The Labute approximate surface area is 291 Å². The van der Waals surface area contributed by atoms with Gasteiger partial charge >= 0.3 is 0 Å². The zero-order valence-electron chi connectivity index (χ0n) is 27.1. The van der Waals surface area contributed by atoms with Crippen LogP contribution in [0.4, 0.5) is 0 Å². The number of rotatable bonds is 4. The molecular weight excluding hydrogens is 609 g/mol. The number of benzene rings is 7. The lowest BCUT2D eigenvalue weighted by Gasteiger charge is -2.40. The molecule has 0 saturated heterocycles. The van der Waals surface area contributed by atoms with Gasteiger partial charge in [-0.05, 0) is 51.6 Å². The molecule has 0 saturated carbocycles. The van der Waals surface area contributed by atoms with Gasteiger partial charge in [0.2, 0.25) is 0 Å². The average Bonchev–Trinajstić information content (AvgIpc) is 3.49. The van der Waals surface area contributed by atoms with Crippen LogP contribution in [0.25, 0.3) is 56.2 Å². The van der Waals surface area contributed by atoms with Gasteiger partial charge in [-0.3, -0.25) is 0 Å². The van der Waals surface area contributed by atoms with Gasteiger partial charge < -0.3 is 4.74 Å². The predicted molar refractivity (Wildman–Crippen MR) is 201 cm³/mol. The first-order valence-electron chi connectivity index (χ1n) is 17.0. The molecule has 3 heteroatoms. The number of fused-ring (bicyclic) bond motifs is 9. The van der Waals surface area contributed by atoms with Crippen LogP contribution in [0.15, 0.2) is 182 Å². The summed E-state index contributed by atoms with van der Waals surface area (Å²) < 4.78 is 6.61. The van der Waals surface area contributed by atoms with Gasteiger partial charge in [-0.25, -0.2) is 9.97 Å². The van der Waals surface area contributed by atoms with Crippen LogP contribution in [0, 0.1) is 0 Å². The smallest absolute Gasteiger partial charge is 0.160 e. The van der Waals surface area contributed by atoms with Crippen molar-refractivity contribution in [2.24, 2.45) is 0 Å². The standard InChI is InChI=1S/C47H30N2O/c1-3-14-31(15-4-1)32-26-28-34(29-27-32)46-48-41(33-16-5-2-6-17-33)30-42(49-46)37-20-13-19-36-35-18-7-8-21-38(35)47(45(36)37)39-22-9-11-24-43(39)50-44-25-12-10-23-40(44)47/h1-30H. The molecule has 1 aromatic heterocycles. The normalized spacial score (nSPS) is 13.1. The minimum atomic E-state index is -0.608. The van der Waals surface area contributed by atoms with E-state index in [4.69, 9.17) is 14.7 Å². The van der Waals surface area contributed by atoms with Gasteiger partial charge in [0.25, 0.3) is 0 Å². The highest BCUT2D eigenvalue weighted by Gasteiger charge is 2.52. The molecule has 234 valence electrons. The number of hydrogen-bond acceptors (Lipinski definition) is 3. The molecule has 8 aromatic rings. The van der Waals surface area contributed by atoms with Gasteiger partial charge in [0, 0.05) is 27.8 Å². The number of hydrogen-bond donors (Lipinski definition) is 0. The van der Waals surface area contributed by atoms with Crippen molar-refractivity contribution in [1.82, 2.24) is 9.97 Å². The lowest BCUT2D eigenvalue weighted by Crippen LogP contribution is -2.32. The van der Waals surface area contributed by atoms with Crippen molar-refractivity contribution in [3.8, 4) is 67.7 Å². The summed E-state index contributed by atoms with van der Waals surface area (Å²) in [7, 11) is 0. The second-order valence-corrected chi connectivity index (χ2v) is 12.9. The Morgan fingerprint density at radius 3 is 1.56 bits per heavy atom. The topological polar surface area (TPSA) is 35.0 Å². The van der Waals surface area contributed by atoms with E-state index >= 15 is 0 Å². The van der Waals surface area contributed by atoms with Crippen LogP contribution in [0.5, 0.6) is 11.5 Å².